The third-order valence-electron chi connectivity index (χ3n) is 4.10. The fraction of sp³-hybridized carbons (Fsp3) is 0.929. The van der Waals surface area contributed by atoms with Gasteiger partial charge in [0.1, 0.15) is 5.54 Å². The molecule has 1 N–H and O–H groups in total. The van der Waals surface area contributed by atoms with Crippen LogP contribution in [0.2, 0.25) is 0 Å². The first-order valence-electron chi connectivity index (χ1n) is 6.98. The Morgan fingerprint density at radius 3 is 2.35 bits per heavy atom. The van der Waals surface area contributed by atoms with Crippen LogP contribution in [0, 0.1) is 0 Å². The van der Waals surface area contributed by atoms with Crippen LogP contribution in [0.25, 0.3) is 0 Å². The van der Waals surface area contributed by atoms with E-state index in [-0.39, 0.29) is 0 Å². The Hall–Kier alpha value is -0.570. The van der Waals surface area contributed by atoms with Crippen LogP contribution in [0.1, 0.15) is 65.2 Å². The van der Waals surface area contributed by atoms with Crippen LogP contribution in [0.5, 0.6) is 0 Å². The number of nitrogens with zero attached hydrogens (tertiary/aromatic N) is 1. The third kappa shape index (κ3) is 3.98. The number of hydrogen-bond donors (Lipinski definition) is 1. The van der Waals surface area contributed by atoms with Crippen molar-refractivity contribution in [3.05, 3.63) is 0 Å². The molecule has 0 aliphatic heterocycles. The number of rotatable bonds is 9. The lowest BCUT2D eigenvalue weighted by Crippen LogP contribution is -2.51. The molecule has 100 valence electrons. The van der Waals surface area contributed by atoms with Crippen molar-refractivity contribution in [3.8, 4) is 0 Å². The number of aliphatic carboxylic acids is 1. The fourth-order valence-corrected chi connectivity index (χ4v) is 2.37. The lowest BCUT2D eigenvalue weighted by Gasteiger charge is -2.35. The highest BCUT2D eigenvalue weighted by atomic mass is 16.4. The van der Waals surface area contributed by atoms with Crippen molar-refractivity contribution < 1.29 is 9.90 Å². The average molecular weight is 241 g/mol. The maximum Gasteiger partial charge on any atom is 0.323 e. The normalized spacial score (nSPS) is 19.3. The smallest absolute Gasteiger partial charge is 0.323 e. The fourth-order valence-electron chi connectivity index (χ4n) is 2.37. The molecule has 0 radical (unpaired) electrons. The van der Waals surface area contributed by atoms with E-state index >= 15 is 0 Å². The molecule has 0 aromatic rings. The lowest BCUT2D eigenvalue weighted by atomic mass is 9.92. The molecule has 0 aromatic carbocycles. The highest BCUT2D eigenvalue weighted by Gasteiger charge is 2.43. The van der Waals surface area contributed by atoms with Crippen molar-refractivity contribution in [2.45, 2.75) is 76.8 Å². The summed E-state index contributed by atoms with van der Waals surface area (Å²) in [6.07, 6.45) is 9.03. The summed E-state index contributed by atoms with van der Waals surface area (Å²) in [7, 11) is 1.97. The summed E-state index contributed by atoms with van der Waals surface area (Å²) in [6, 6.07) is 0.506. The SMILES string of the molecule is CCCCCCCC(C)(C(=O)O)N(C)C1CC1. The predicted octanol–water partition coefficient (Wildman–Crippen LogP) is 3.28. The van der Waals surface area contributed by atoms with Gasteiger partial charge in [0.25, 0.3) is 0 Å². The Labute approximate surface area is 105 Å². The van der Waals surface area contributed by atoms with Crippen molar-refractivity contribution in [1.29, 1.82) is 0 Å². The summed E-state index contributed by atoms with van der Waals surface area (Å²) in [4.78, 5) is 13.6. The van der Waals surface area contributed by atoms with Gasteiger partial charge in [0, 0.05) is 6.04 Å². The maximum absolute atomic E-state index is 11.5. The molecule has 3 nitrogen and oxygen atoms in total. The molecule has 1 saturated carbocycles. The Morgan fingerprint density at radius 1 is 1.29 bits per heavy atom. The van der Waals surface area contributed by atoms with Crippen LogP contribution in [0.15, 0.2) is 0 Å². The minimum Gasteiger partial charge on any atom is -0.480 e. The van der Waals surface area contributed by atoms with Crippen LogP contribution in [0.3, 0.4) is 0 Å². The van der Waals surface area contributed by atoms with Crippen LogP contribution >= 0.6 is 0 Å². The molecule has 1 aliphatic rings. The zero-order valence-electron chi connectivity index (χ0n) is 11.5. The Morgan fingerprint density at radius 2 is 1.88 bits per heavy atom. The van der Waals surface area contributed by atoms with Gasteiger partial charge in [0.2, 0.25) is 0 Å². The van der Waals surface area contributed by atoms with E-state index < -0.39 is 11.5 Å². The molecule has 0 bridgehead atoms. The molecular weight excluding hydrogens is 214 g/mol. The van der Waals surface area contributed by atoms with E-state index in [0.717, 1.165) is 32.1 Å². The molecule has 3 heteroatoms. The lowest BCUT2D eigenvalue weighted by molar-refractivity contribution is -0.150. The molecule has 1 rings (SSSR count). The standard InChI is InChI=1S/C14H27NO2/c1-4-5-6-7-8-11-14(2,13(16)17)15(3)12-9-10-12/h12H,4-11H2,1-3H3,(H,16,17). The summed E-state index contributed by atoms with van der Waals surface area (Å²) in [5.74, 6) is -0.664. The first-order chi connectivity index (χ1) is 8.02. The van der Waals surface area contributed by atoms with Crippen molar-refractivity contribution >= 4 is 5.97 Å². The molecule has 1 fully saturated rings. The number of likely N-dealkylation sites (N-methyl/N-ethyl adjacent to an activating group) is 1. The van der Waals surface area contributed by atoms with Gasteiger partial charge in [-0.25, -0.2) is 0 Å². The van der Waals surface area contributed by atoms with Gasteiger partial charge in [0.05, 0.1) is 0 Å². The van der Waals surface area contributed by atoms with Crippen LogP contribution in [0.4, 0.5) is 0 Å². The minimum atomic E-state index is -0.664. The second kappa shape index (κ2) is 6.39. The molecule has 0 heterocycles. The second-order valence-electron chi connectivity index (χ2n) is 5.59. The largest absolute Gasteiger partial charge is 0.480 e. The topological polar surface area (TPSA) is 40.5 Å². The Bertz CT molecular complexity index is 251. The quantitative estimate of drug-likeness (QED) is 0.630. The van der Waals surface area contributed by atoms with Gasteiger partial charge < -0.3 is 5.11 Å². The van der Waals surface area contributed by atoms with Gasteiger partial charge in [-0.05, 0) is 33.2 Å². The van der Waals surface area contributed by atoms with Crippen LogP contribution in [-0.2, 0) is 4.79 Å². The van der Waals surface area contributed by atoms with Crippen molar-refractivity contribution in [3.63, 3.8) is 0 Å². The molecule has 0 saturated heterocycles. The van der Waals surface area contributed by atoms with E-state index in [0.29, 0.717) is 6.04 Å². The van der Waals surface area contributed by atoms with Crippen molar-refractivity contribution in [2.75, 3.05) is 7.05 Å². The number of hydrogen-bond acceptors (Lipinski definition) is 2. The van der Waals surface area contributed by atoms with Crippen LogP contribution < -0.4 is 0 Å². The molecule has 1 aliphatic carbocycles. The highest BCUT2D eigenvalue weighted by molar-refractivity contribution is 5.78. The van der Waals surface area contributed by atoms with E-state index in [4.69, 9.17) is 0 Å². The molecule has 1 unspecified atom stereocenters. The zero-order chi connectivity index (χ0) is 12.9. The Balaban J connectivity index is 2.39. The van der Waals surface area contributed by atoms with E-state index in [9.17, 15) is 9.90 Å². The molecule has 0 spiro atoms. The van der Waals surface area contributed by atoms with Gasteiger partial charge in [-0.2, -0.15) is 0 Å². The molecule has 0 amide bonds. The van der Waals surface area contributed by atoms with Gasteiger partial charge in [-0.3, -0.25) is 9.69 Å². The predicted molar refractivity (Wildman–Crippen MR) is 70.2 cm³/mol. The molecule has 1 atom stereocenters. The van der Waals surface area contributed by atoms with E-state index in [2.05, 4.69) is 11.8 Å². The summed E-state index contributed by atoms with van der Waals surface area (Å²) in [6.45, 7) is 4.08. The van der Waals surface area contributed by atoms with E-state index in [1.807, 2.05) is 14.0 Å². The number of carboxylic acids is 1. The number of unbranched alkanes of at least 4 members (excludes halogenated alkanes) is 4. The summed E-state index contributed by atoms with van der Waals surface area (Å²) >= 11 is 0. The van der Waals surface area contributed by atoms with Crippen molar-refractivity contribution in [2.24, 2.45) is 0 Å². The van der Waals surface area contributed by atoms with Gasteiger partial charge in [0.15, 0.2) is 0 Å². The minimum absolute atomic E-state index is 0.506. The summed E-state index contributed by atoms with van der Waals surface area (Å²) in [5.41, 5.74) is -0.659. The monoisotopic (exact) mass is 241 g/mol. The molecule has 0 aromatic heterocycles. The summed E-state index contributed by atoms with van der Waals surface area (Å²) < 4.78 is 0. The van der Waals surface area contributed by atoms with Gasteiger partial charge in [-0.15, -0.1) is 0 Å². The first-order valence-corrected chi connectivity index (χ1v) is 6.98. The molecular formula is C14H27NO2. The van der Waals surface area contributed by atoms with E-state index in [1.165, 1.54) is 19.3 Å². The highest BCUT2D eigenvalue weighted by Crippen LogP contribution is 2.34. The van der Waals surface area contributed by atoms with Gasteiger partial charge in [-0.1, -0.05) is 39.0 Å². The second-order valence-corrected chi connectivity index (χ2v) is 5.59. The Kier molecular flexibility index (Phi) is 5.44. The van der Waals surface area contributed by atoms with Gasteiger partial charge >= 0.3 is 5.97 Å². The average Bonchev–Trinajstić information content (AvgIpc) is 3.11. The zero-order valence-corrected chi connectivity index (χ0v) is 11.5. The summed E-state index contributed by atoms with van der Waals surface area (Å²) in [5, 5.41) is 9.44. The maximum atomic E-state index is 11.5. The molecule has 17 heavy (non-hydrogen) atoms. The number of carboxylic acid groups (broad SMARTS) is 1. The number of carbonyl (C=O) groups is 1. The van der Waals surface area contributed by atoms with E-state index in [1.54, 1.807) is 0 Å². The third-order valence-corrected chi connectivity index (χ3v) is 4.10. The first kappa shape index (κ1) is 14.5. The van der Waals surface area contributed by atoms with Crippen LogP contribution in [-0.4, -0.2) is 34.6 Å². The van der Waals surface area contributed by atoms with Crippen molar-refractivity contribution in [1.82, 2.24) is 4.90 Å².